The van der Waals surface area contributed by atoms with E-state index in [1.54, 1.807) is 0 Å². The third-order valence-electron chi connectivity index (χ3n) is 8.79. The number of aromatic nitrogens is 5. The van der Waals surface area contributed by atoms with Crippen molar-refractivity contribution in [3.8, 4) is 39.9 Å². The summed E-state index contributed by atoms with van der Waals surface area (Å²) in [6.07, 6.45) is 0. The third kappa shape index (κ3) is 4.05. The number of nitrogens with zero attached hydrogens (tertiary/aromatic N) is 5. The molecule has 3 heterocycles. The van der Waals surface area contributed by atoms with Crippen LogP contribution in [0.4, 0.5) is 0 Å². The smallest absolute Gasteiger partial charge is 0.164 e. The van der Waals surface area contributed by atoms with E-state index in [1.165, 1.54) is 43.6 Å². The highest BCUT2D eigenvalue weighted by Gasteiger charge is 2.17. The van der Waals surface area contributed by atoms with Crippen LogP contribution in [0.2, 0.25) is 0 Å². The average molecular weight is 578 g/mol. The minimum atomic E-state index is 0.647. The Bertz CT molecular complexity index is 2470. The van der Waals surface area contributed by atoms with Crippen LogP contribution >= 0.6 is 0 Å². The van der Waals surface area contributed by atoms with Crippen LogP contribution in [0.25, 0.3) is 83.5 Å². The molecule has 212 valence electrons. The molecule has 0 aliphatic carbocycles. The zero-order chi connectivity index (χ0) is 29.9. The van der Waals surface area contributed by atoms with Crippen LogP contribution in [0.1, 0.15) is 0 Å². The topological polar surface area (TPSA) is 48.5 Å². The number of rotatable bonds is 4. The van der Waals surface area contributed by atoms with Gasteiger partial charge >= 0.3 is 0 Å². The number of benzene rings is 6. The Labute approximate surface area is 259 Å². The Morgan fingerprint density at radius 1 is 0.378 bits per heavy atom. The van der Waals surface area contributed by atoms with Gasteiger partial charge < -0.3 is 9.13 Å². The Kier molecular flexibility index (Phi) is 5.65. The van der Waals surface area contributed by atoms with Crippen LogP contribution in [0.5, 0.6) is 0 Å². The molecule has 0 aliphatic rings. The van der Waals surface area contributed by atoms with Crippen LogP contribution in [-0.2, 0) is 7.05 Å². The molecule has 0 saturated heterocycles. The highest BCUT2D eigenvalue weighted by Crippen LogP contribution is 2.38. The second kappa shape index (κ2) is 10.00. The first-order chi connectivity index (χ1) is 22.2. The van der Waals surface area contributed by atoms with Crippen molar-refractivity contribution in [2.24, 2.45) is 7.05 Å². The maximum Gasteiger partial charge on any atom is 0.164 e. The Morgan fingerprint density at radius 2 is 0.822 bits per heavy atom. The van der Waals surface area contributed by atoms with Gasteiger partial charge in [0.1, 0.15) is 0 Å². The summed E-state index contributed by atoms with van der Waals surface area (Å²) in [5.41, 5.74) is 8.78. The summed E-state index contributed by atoms with van der Waals surface area (Å²) in [5.74, 6) is 1.96. The molecule has 5 nitrogen and oxygen atoms in total. The summed E-state index contributed by atoms with van der Waals surface area (Å²) in [6, 6.07) is 50.7. The van der Waals surface area contributed by atoms with Crippen molar-refractivity contribution >= 4 is 43.6 Å². The van der Waals surface area contributed by atoms with E-state index in [-0.39, 0.29) is 0 Å². The van der Waals surface area contributed by atoms with Gasteiger partial charge in [-0.1, -0.05) is 97.1 Å². The number of fused-ring (bicyclic) bond motifs is 6. The SMILES string of the molecule is Cn1c2ccccc2c2cc3c(cc21)c1ccccc1n3-c1ccc(-c2nc(-c3ccccc3)nc(-c3ccccc3)n2)cc1. The van der Waals surface area contributed by atoms with Gasteiger partial charge in [0.2, 0.25) is 0 Å². The predicted octanol–water partition coefficient (Wildman–Crippen LogP) is 9.61. The third-order valence-corrected chi connectivity index (χ3v) is 8.79. The van der Waals surface area contributed by atoms with E-state index in [0.717, 1.165) is 22.4 Å². The van der Waals surface area contributed by atoms with Gasteiger partial charge in [-0.3, -0.25) is 0 Å². The number of aryl methyl sites for hydroxylation is 1. The van der Waals surface area contributed by atoms with Gasteiger partial charge in [-0.25, -0.2) is 15.0 Å². The Morgan fingerprint density at radius 3 is 1.42 bits per heavy atom. The first kappa shape index (κ1) is 25.4. The lowest BCUT2D eigenvalue weighted by Gasteiger charge is -2.11. The second-order valence-electron chi connectivity index (χ2n) is 11.4. The van der Waals surface area contributed by atoms with E-state index in [9.17, 15) is 0 Å². The number of hydrogen-bond donors (Lipinski definition) is 0. The van der Waals surface area contributed by atoms with Gasteiger partial charge in [-0.05, 0) is 48.5 Å². The Hall–Kier alpha value is -6.07. The molecule has 0 bridgehead atoms. The lowest BCUT2D eigenvalue weighted by molar-refractivity contribution is 1.02. The van der Waals surface area contributed by atoms with Crippen LogP contribution in [-0.4, -0.2) is 24.1 Å². The fraction of sp³-hybridized carbons (Fsp3) is 0.0250. The highest BCUT2D eigenvalue weighted by molar-refractivity contribution is 6.18. The minimum Gasteiger partial charge on any atom is -0.344 e. The van der Waals surface area contributed by atoms with Gasteiger partial charge in [-0.15, -0.1) is 0 Å². The standard InChI is InChI=1S/C40H27N5/c1-44-34-18-10-8-16-30(34)32-25-37-33(24-36(32)44)31-17-9-11-19-35(31)45(37)29-22-20-28(21-23-29)40-42-38(26-12-4-2-5-13-26)41-39(43-40)27-14-6-3-7-15-27/h2-25H,1H3. The summed E-state index contributed by atoms with van der Waals surface area (Å²) in [4.78, 5) is 14.7. The van der Waals surface area contributed by atoms with Gasteiger partial charge in [0.15, 0.2) is 17.5 Å². The monoisotopic (exact) mass is 577 g/mol. The quantitative estimate of drug-likeness (QED) is 0.209. The van der Waals surface area contributed by atoms with Gasteiger partial charge in [-0.2, -0.15) is 0 Å². The number of para-hydroxylation sites is 2. The molecule has 0 spiro atoms. The molecule has 6 aromatic carbocycles. The average Bonchev–Trinajstić information content (AvgIpc) is 3.59. The van der Waals surface area contributed by atoms with Crippen molar-refractivity contribution in [1.29, 1.82) is 0 Å². The summed E-state index contributed by atoms with van der Waals surface area (Å²) in [5, 5.41) is 5.00. The van der Waals surface area contributed by atoms with Crippen LogP contribution in [0, 0.1) is 0 Å². The fourth-order valence-corrected chi connectivity index (χ4v) is 6.60. The predicted molar refractivity (Wildman–Crippen MR) is 184 cm³/mol. The molecular weight excluding hydrogens is 550 g/mol. The zero-order valence-electron chi connectivity index (χ0n) is 24.6. The molecule has 3 aromatic heterocycles. The van der Waals surface area contributed by atoms with Gasteiger partial charge in [0, 0.05) is 62.0 Å². The molecule has 0 radical (unpaired) electrons. The lowest BCUT2D eigenvalue weighted by atomic mass is 10.1. The van der Waals surface area contributed by atoms with Crippen LogP contribution in [0.15, 0.2) is 146 Å². The van der Waals surface area contributed by atoms with E-state index in [1.807, 2.05) is 60.7 Å². The first-order valence-electron chi connectivity index (χ1n) is 15.1. The summed E-state index contributed by atoms with van der Waals surface area (Å²) < 4.78 is 4.67. The van der Waals surface area contributed by atoms with Crippen molar-refractivity contribution in [3.05, 3.63) is 146 Å². The largest absolute Gasteiger partial charge is 0.344 e. The Balaban J connectivity index is 1.22. The molecule has 5 heteroatoms. The van der Waals surface area contributed by atoms with Gasteiger partial charge in [0.25, 0.3) is 0 Å². The molecule has 9 aromatic rings. The van der Waals surface area contributed by atoms with E-state index >= 15 is 0 Å². The van der Waals surface area contributed by atoms with E-state index in [0.29, 0.717) is 17.5 Å². The van der Waals surface area contributed by atoms with Crippen molar-refractivity contribution in [2.75, 3.05) is 0 Å². The summed E-state index contributed by atoms with van der Waals surface area (Å²) in [6.45, 7) is 0. The molecule has 0 aliphatic heterocycles. The molecule has 0 amide bonds. The highest BCUT2D eigenvalue weighted by atomic mass is 15.0. The maximum atomic E-state index is 4.93. The van der Waals surface area contributed by atoms with Gasteiger partial charge in [0.05, 0.1) is 11.0 Å². The molecule has 0 fully saturated rings. The maximum absolute atomic E-state index is 4.93. The van der Waals surface area contributed by atoms with Crippen molar-refractivity contribution < 1.29 is 0 Å². The fourth-order valence-electron chi connectivity index (χ4n) is 6.60. The van der Waals surface area contributed by atoms with E-state index in [4.69, 9.17) is 15.0 Å². The summed E-state index contributed by atoms with van der Waals surface area (Å²) in [7, 11) is 2.15. The molecule has 9 rings (SSSR count). The molecule has 0 unspecified atom stereocenters. The van der Waals surface area contributed by atoms with E-state index in [2.05, 4.69) is 101 Å². The van der Waals surface area contributed by atoms with Crippen molar-refractivity contribution in [3.63, 3.8) is 0 Å². The second-order valence-corrected chi connectivity index (χ2v) is 11.4. The molecule has 0 saturated carbocycles. The summed E-state index contributed by atoms with van der Waals surface area (Å²) >= 11 is 0. The molecule has 45 heavy (non-hydrogen) atoms. The van der Waals surface area contributed by atoms with Crippen molar-refractivity contribution in [1.82, 2.24) is 24.1 Å². The normalized spacial score (nSPS) is 11.7. The van der Waals surface area contributed by atoms with E-state index < -0.39 is 0 Å². The molecular formula is C40H27N5. The first-order valence-corrected chi connectivity index (χ1v) is 15.1. The molecule has 0 atom stereocenters. The van der Waals surface area contributed by atoms with Crippen LogP contribution in [0.3, 0.4) is 0 Å². The molecule has 0 N–H and O–H groups in total. The zero-order valence-corrected chi connectivity index (χ0v) is 24.6. The van der Waals surface area contributed by atoms with Crippen LogP contribution < -0.4 is 0 Å². The minimum absolute atomic E-state index is 0.647. The lowest BCUT2D eigenvalue weighted by Crippen LogP contribution is -2.00. The number of hydrogen-bond acceptors (Lipinski definition) is 3. The van der Waals surface area contributed by atoms with Crippen molar-refractivity contribution in [2.45, 2.75) is 0 Å².